The van der Waals surface area contributed by atoms with E-state index in [0.29, 0.717) is 11.0 Å². The number of sulfone groups is 1. The van der Waals surface area contributed by atoms with Gasteiger partial charge in [0, 0.05) is 24.4 Å². The molecule has 5 heterocycles. The van der Waals surface area contributed by atoms with Gasteiger partial charge in [-0.25, -0.2) is 41.3 Å². The lowest BCUT2D eigenvalue weighted by Crippen LogP contribution is -2.47. The van der Waals surface area contributed by atoms with Crippen molar-refractivity contribution in [2.75, 3.05) is 17.2 Å². The number of pyridine rings is 1. The molecule has 0 radical (unpaired) electrons. The number of furan rings is 1. The topological polar surface area (TPSA) is 136 Å². The number of benzene rings is 1. The summed E-state index contributed by atoms with van der Waals surface area (Å²) in [5.41, 5.74) is -1.68. The summed E-state index contributed by atoms with van der Waals surface area (Å²) in [6, 6.07) is 6.73. The van der Waals surface area contributed by atoms with E-state index in [4.69, 9.17) is 20.8 Å². The number of hydrogen-bond acceptors (Lipinski definition) is 9. The Bertz CT molecular complexity index is 1870. The van der Waals surface area contributed by atoms with Crippen molar-refractivity contribution in [1.29, 1.82) is 0 Å². The summed E-state index contributed by atoms with van der Waals surface area (Å²) in [4.78, 5) is 25.8. The molecule has 228 valence electrons. The van der Waals surface area contributed by atoms with E-state index >= 15 is 4.39 Å². The number of aliphatic carboxylic acids is 1. The molecule has 1 aromatic carbocycles. The first-order valence-electron chi connectivity index (χ1n) is 13.4. The van der Waals surface area contributed by atoms with Crippen LogP contribution in [0.1, 0.15) is 50.9 Å². The number of rotatable bonds is 6. The Balaban J connectivity index is 1.38. The van der Waals surface area contributed by atoms with Crippen LogP contribution in [0.2, 0.25) is 5.02 Å². The van der Waals surface area contributed by atoms with Gasteiger partial charge in [-0.1, -0.05) is 23.7 Å². The Morgan fingerprint density at radius 2 is 2.00 bits per heavy atom. The lowest BCUT2D eigenvalue weighted by Gasteiger charge is -2.39. The maximum absolute atomic E-state index is 16.6. The third kappa shape index (κ3) is 5.03. The van der Waals surface area contributed by atoms with Crippen molar-refractivity contribution >= 4 is 55.3 Å². The second-order valence-electron chi connectivity index (χ2n) is 11.4. The SMILES string of the molecule is CC1(C)C[C@](F)(c2cc(Cl)cnc2O[C@H]2C[C@@H](C(=O)O)N(c3nc(C(F)F)nc4c3oc3ccccc34)C2)CCS1(=O)=O. The molecule has 2 aliphatic heterocycles. The standard InChI is InChI=1S/C28H26ClF3N4O6S/c1-27(2)13-28(32,7-8-43(27,39)40)17-9-14(29)11-33-25(17)41-15-10-18(26(37)38)36(12-15)24-21-20(34-23(35-24)22(30)31)16-5-3-4-6-19(16)42-21/h3-6,9,11,15,18,22H,7-8,10,12-13H2,1-2H3,(H,37,38)/t15-,18-,28-/m0/s1. The van der Waals surface area contributed by atoms with Crippen molar-refractivity contribution in [3.05, 3.63) is 52.9 Å². The van der Waals surface area contributed by atoms with Gasteiger partial charge in [-0.3, -0.25) is 0 Å². The number of ether oxygens (including phenoxy) is 1. The van der Waals surface area contributed by atoms with Crippen molar-refractivity contribution in [3.8, 4) is 5.88 Å². The first kappa shape index (κ1) is 29.4. The molecule has 6 rings (SSSR count). The van der Waals surface area contributed by atoms with Gasteiger partial charge in [0.15, 0.2) is 27.1 Å². The molecule has 2 fully saturated rings. The quantitative estimate of drug-likeness (QED) is 0.283. The number of fused-ring (bicyclic) bond motifs is 3. The van der Waals surface area contributed by atoms with Crippen LogP contribution in [0, 0.1) is 0 Å². The third-order valence-electron chi connectivity index (χ3n) is 8.13. The second kappa shape index (κ2) is 10.2. The zero-order valence-electron chi connectivity index (χ0n) is 22.9. The molecule has 1 N–H and O–H groups in total. The predicted octanol–water partition coefficient (Wildman–Crippen LogP) is 5.62. The van der Waals surface area contributed by atoms with Crippen LogP contribution in [0.15, 0.2) is 40.9 Å². The monoisotopic (exact) mass is 638 g/mol. The summed E-state index contributed by atoms with van der Waals surface area (Å²) in [5, 5.41) is 10.7. The van der Waals surface area contributed by atoms with Gasteiger partial charge in [-0.05, 0) is 38.5 Å². The molecular weight excluding hydrogens is 613 g/mol. The molecule has 43 heavy (non-hydrogen) atoms. The minimum atomic E-state index is -3.56. The normalized spacial score (nSPS) is 25.0. The first-order chi connectivity index (χ1) is 20.2. The molecule has 0 bridgehead atoms. The van der Waals surface area contributed by atoms with Crippen molar-refractivity contribution in [3.63, 3.8) is 0 Å². The van der Waals surface area contributed by atoms with Crippen molar-refractivity contribution in [2.24, 2.45) is 0 Å². The second-order valence-corrected chi connectivity index (χ2v) is 14.6. The Labute approximate surface area is 248 Å². The van der Waals surface area contributed by atoms with E-state index in [1.54, 1.807) is 24.3 Å². The summed E-state index contributed by atoms with van der Waals surface area (Å²) in [7, 11) is -3.56. The summed E-state index contributed by atoms with van der Waals surface area (Å²) in [6.45, 7) is 2.76. The van der Waals surface area contributed by atoms with Gasteiger partial charge >= 0.3 is 5.97 Å². The fourth-order valence-electron chi connectivity index (χ4n) is 5.91. The fraction of sp³-hybridized carbons (Fsp3) is 0.429. The molecule has 2 aliphatic rings. The van der Waals surface area contributed by atoms with Gasteiger partial charge in [0.2, 0.25) is 5.88 Å². The van der Waals surface area contributed by atoms with Gasteiger partial charge in [0.25, 0.3) is 6.43 Å². The van der Waals surface area contributed by atoms with Crippen LogP contribution in [0.4, 0.5) is 19.0 Å². The molecule has 0 aliphatic carbocycles. The zero-order chi connectivity index (χ0) is 30.9. The van der Waals surface area contributed by atoms with E-state index in [0.717, 1.165) is 0 Å². The first-order valence-corrected chi connectivity index (χ1v) is 15.4. The van der Waals surface area contributed by atoms with Gasteiger partial charge in [0.05, 0.1) is 27.6 Å². The molecule has 10 nitrogen and oxygen atoms in total. The molecule has 15 heteroatoms. The van der Waals surface area contributed by atoms with Gasteiger partial charge < -0.3 is 19.2 Å². The number of aromatic nitrogens is 3. The molecule has 0 spiro atoms. The molecule has 0 saturated carbocycles. The van der Waals surface area contributed by atoms with Gasteiger partial charge in [-0.2, -0.15) is 0 Å². The van der Waals surface area contributed by atoms with Crippen molar-refractivity contribution in [2.45, 2.75) is 62.1 Å². The minimum absolute atomic E-state index is 0.0381. The number of nitrogens with zero attached hydrogens (tertiary/aromatic N) is 4. The molecule has 3 aromatic heterocycles. The van der Waals surface area contributed by atoms with Gasteiger partial charge in [-0.15, -0.1) is 0 Å². The summed E-state index contributed by atoms with van der Waals surface area (Å²) in [5.74, 6) is -2.76. The Morgan fingerprint density at radius 3 is 2.70 bits per heavy atom. The Hall–Kier alpha value is -3.65. The number of carbonyl (C=O) groups is 1. The third-order valence-corrected chi connectivity index (χ3v) is 10.9. The van der Waals surface area contributed by atoms with E-state index in [1.807, 2.05) is 0 Å². The lowest BCUT2D eigenvalue weighted by molar-refractivity contribution is -0.138. The Kier molecular flexibility index (Phi) is 6.99. The van der Waals surface area contributed by atoms with Crippen LogP contribution < -0.4 is 9.64 Å². The smallest absolute Gasteiger partial charge is 0.326 e. The largest absolute Gasteiger partial charge is 0.480 e. The zero-order valence-corrected chi connectivity index (χ0v) is 24.5. The fourth-order valence-corrected chi connectivity index (χ4v) is 7.66. The predicted molar refractivity (Wildman–Crippen MR) is 151 cm³/mol. The van der Waals surface area contributed by atoms with Crippen molar-refractivity contribution in [1.82, 2.24) is 15.0 Å². The van der Waals surface area contributed by atoms with Crippen LogP contribution in [0.3, 0.4) is 0 Å². The molecule has 0 unspecified atom stereocenters. The summed E-state index contributed by atoms with van der Waals surface area (Å²) < 4.78 is 80.1. The molecule has 2 saturated heterocycles. The average Bonchev–Trinajstić information content (AvgIpc) is 3.53. The average molecular weight is 639 g/mol. The maximum atomic E-state index is 16.6. The molecule has 3 atom stereocenters. The lowest BCUT2D eigenvalue weighted by atomic mass is 9.84. The Morgan fingerprint density at radius 1 is 1.26 bits per heavy atom. The summed E-state index contributed by atoms with van der Waals surface area (Å²) in [6.07, 6.45) is -3.54. The van der Waals surface area contributed by atoms with Crippen LogP contribution in [0.25, 0.3) is 22.1 Å². The molecular formula is C28H26ClF3N4O6S. The maximum Gasteiger partial charge on any atom is 0.326 e. The van der Waals surface area contributed by atoms with Gasteiger partial charge in [0.1, 0.15) is 28.9 Å². The van der Waals surface area contributed by atoms with E-state index in [2.05, 4.69) is 15.0 Å². The number of alkyl halides is 3. The minimum Gasteiger partial charge on any atom is -0.480 e. The number of para-hydroxylation sites is 1. The van der Waals surface area contributed by atoms with Crippen LogP contribution in [0.5, 0.6) is 5.88 Å². The number of carboxylic acids is 1. The number of carboxylic acid groups (broad SMARTS) is 1. The highest BCUT2D eigenvalue weighted by Gasteiger charge is 2.52. The molecule has 4 aromatic rings. The van der Waals surface area contributed by atoms with Crippen LogP contribution in [-0.2, 0) is 20.3 Å². The van der Waals surface area contributed by atoms with Crippen LogP contribution >= 0.6 is 11.6 Å². The number of halogens is 4. The highest BCUT2D eigenvalue weighted by molar-refractivity contribution is 7.92. The summed E-state index contributed by atoms with van der Waals surface area (Å²) >= 11 is 6.16. The van der Waals surface area contributed by atoms with E-state index in [-0.39, 0.29) is 59.2 Å². The van der Waals surface area contributed by atoms with Crippen molar-refractivity contribution < 1.29 is 40.6 Å². The highest BCUT2D eigenvalue weighted by atomic mass is 35.5. The highest BCUT2D eigenvalue weighted by Crippen LogP contribution is 2.48. The number of hydrogen-bond donors (Lipinski definition) is 1. The van der Waals surface area contributed by atoms with Crippen LogP contribution in [-0.4, -0.2) is 63.6 Å². The number of anilines is 1. The van der Waals surface area contributed by atoms with E-state index in [1.165, 1.54) is 31.0 Å². The van der Waals surface area contributed by atoms with E-state index in [9.17, 15) is 27.1 Å². The van der Waals surface area contributed by atoms with E-state index < -0.39 is 56.4 Å². The molecule has 0 amide bonds.